The van der Waals surface area contributed by atoms with Gasteiger partial charge in [0.25, 0.3) is 0 Å². The maximum atomic E-state index is 11.8. The Morgan fingerprint density at radius 3 is 2.80 bits per heavy atom. The lowest BCUT2D eigenvalue weighted by molar-refractivity contribution is 0.174. The molecule has 112 valence electrons. The molecular formula is C14H23N3O2S. The molecule has 1 aromatic heterocycles. The van der Waals surface area contributed by atoms with Crippen LogP contribution in [0.25, 0.3) is 0 Å². The molecule has 1 aliphatic carbocycles. The molecule has 0 bridgehead atoms. The number of aryl methyl sites for hydroxylation is 1. The third kappa shape index (κ3) is 4.76. The molecule has 0 radical (unpaired) electrons. The summed E-state index contributed by atoms with van der Waals surface area (Å²) in [6, 6.07) is 0.156. The molecule has 0 saturated heterocycles. The first-order valence-electron chi connectivity index (χ1n) is 7.23. The average Bonchev–Trinajstić information content (AvgIpc) is 2.85. The van der Waals surface area contributed by atoms with Gasteiger partial charge in [-0.1, -0.05) is 0 Å². The van der Waals surface area contributed by atoms with Gasteiger partial charge in [-0.2, -0.15) is 0 Å². The molecule has 1 aromatic rings. The fraction of sp³-hybridized carbons (Fsp3) is 0.714. The molecule has 0 spiro atoms. The van der Waals surface area contributed by atoms with Gasteiger partial charge in [0.2, 0.25) is 0 Å². The molecule has 20 heavy (non-hydrogen) atoms. The van der Waals surface area contributed by atoms with E-state index in [1.165, 1.54) is 0 Å². The third-order valence-electron chi connectivity index (χ3n) is 3.77. The van der Waals surface area contributed by atoms with Gasteiger partial charge in [-0.25, -0.2) is 9.78 Å². The Morgan fingerprint density at radius 2 is 2.20 bits per heavy atom. The monoisotopic (exact) mass is 297 g/mol. The molecule has 0 unspecified atom stereocenters. The second-order valence-electron chi connectivity index (χ2n) is 5.41. The largest absolute Gasteiger partial charge is 0.396 e. The second kappa shape index (κ2) is 7.59. The van der Waals surface area contributed by atoms with E-state index in [2.05, 4.69) is 15.6 Å². The van der Waals surface area contributed by atoms with Crippen molar-refractivity contribution in [1.82, 2.24) is 15.6 Å². The zero-order valence-electron chi connectivity index (χ0n) is 11.9. The van der Waals surface area contributed by atoms with Crippen LogP contribution >= 0.6 is 11.3 Å². The van der Waals surface area contributed by atoms with Crippen LogP contribution in [0.1, 0.15) is 36.4 Å². The minimum Gasteiger partial charge on any atom is -0.396 e. The van der Waals surface area contributed by atoms with E-state index >= 15 is 0 Å². The van der Waals surface area contributed by atoms with Gasteiger partial charge in [-0.05, 0) is 38.5 Å². The summed E-state index contributed by atoms with van der Waals surface area (Å²) in [6.45, 7) is 2.87. The van der Waals surface area contributed by atoms with Crippen molar-refractivity contribution in [3.8, 4) is 0 Å². The molecule has 0 atom stereocenters. The number of carbonyl (C=O) groups is 1. The first kappa shape index (κ1) is 15.3. The van der Waals surface area contributed by atoms with E-state index in [9.17, 15) is 4.79 Å². The third-order valence-corrected chi connectivity index (χ3v) is 4.60. The summed E-state index contributed by atoms with van der Waals surface area (Å²) in [5.74, 6) is 0.420. The number of urea groups is 1. The summed E-state index contributed by atoms with van der Waals surface area (Å²) in [6.07, 6.45) is 4.70. The van der Waals surface area contributed by atoms with Gasteiger partial charge in [0.1, 0.15) is 0 Å². The van der Waals surface area contributed by atoms with Gasteiger partial charge in [0.05, 0.1) is 10.7 Å². The average molecular weight is 297 g/mol. The predicted molar refractivity (Wildman–Crippen MR) is 79.9 cm³/mol. The topological polar surface area (TPSA) is 74.2 Å². The smallest absolute Gasteiger partial charge is 0.315 e. The molecule has 0 aliphatic heterocycles. The van der Waals surface area contributed by atoms with E-state index in [1.807, 2.05) is 12.3 Å². The van der Waals surface area contributed by atoms with Crippen LogP contribution in [0.4, 0.5) is 4.79 Å². The molecule has 1 aliphatic rings. The molecular weight excluding hydrogens is 274 g/mol. The quantitative estimate of drug-likeness (QED) is 0.776. The second-order valence-corrected chi connectivity index (χ2v) is 6.47. The van der Waals surface area contributed by atoms with Crippen LogP contribution in [0.5, 0.6) is 0 Å². The Morgan fingerprint density at radius 1 is 1.45 bits per heavy atom. The summed E-state index contributed by atoms with van der Waals surface area (Å²) in [7, 11) is 0. The Balaban J connectivity index is 1.61. The Bertz CT molecular complexity index is 428. The number of aliphatic hydroxyl groups excluding tert-OH is 1. The van der Waals surface area contributed by atoms with E-state index < -0.39 is 0 Å². The SMILES string of the molecule is Cc1nc(CCNC(=O)NC2CCC(CO)CC2)cs1. The number of thiazole rings is 1. The first-order valence-corrected chi connectivity index (χ1v) is 8.11. The standard InChI is InChI=1S/C14H23N3O2S/c1-10-16-13(9-20-10)6-7-15-14(19)17-12-4-2-11(8-18)3-5-12/h9,11-12,18H,2-8H2,1H3,(H2,15,17,19). The molecule has 1 heterocycles. The number of hydrogen-bond acceptors (Lipinski definition) is 4. The molecule has 2 amide bonds. The van der Waals surface area contributed by atoms with Crippen molar-refractivity contribution in [1.29, 1.82) is 0 Å². The van der Waals surface area contributed by atoms with Crippen LogP contribution in [-0.4, -0.2) is 35.3 Å². The predicted octanol–water partition coefficient (Wildman–Crippen LogP) is 1.84. The highest BCUT2D eigenvalue weighted by atomic mass is 32.1. The Labute approximate surface area is 123 Å². The lowest BCUT2D eigenvalue weighted by Crippen LogP contribution is -2.44. The van der Waals surface area contributed by atoms with Crippen molar-refractivity contribution in [3.05, 3.63) is 16.1 Å². The van der Waals surface area contributed by atoms with E-state index in [1.54, 1.807) is 11.3 Å². The number of aromatic nitrogens is 1. The molecule has 2 rings (SSSR count). The Kier molecular flexibility index (Phi) is 5.79. The van der Waals surface area contributed by atoms with Crippen molar-refractivity contribution < 1.29 is 9.90 Å². The number of amides is 2. The first-order chi connectivity index (χ1) is 9.67. The summed E-state index contributed by atoms with van der Waals surface area (Å²) in [4.78, 5) is 16.1. The highest BCUT2D eigenvalue weighted by molar-refractivity contribution is 7.09. The highest BCUT2D eigenvalue weighted by Crippen LogP contribution is 2.23. The fourth-order valence-corrected chi connectivity index (χ4v) is 3.20. The Hall–Kier alpha value is -1.14. The van der Waals surface area contributed by atoms with E-state index in [0.29, 0.717) is 12.5 Å². The number of nitrogens with one attached hydrogen (secondary N) is 2. The number of rotatable bonds is 5. The van der Waals surface area contributed by atoms with Crippen LogP contribution in [0.15, 0.2) is 5.38 Å². The maximum absolute atomic E-state index is 11.8. The summed E-state index contributed by atoms with van der Waals surface area (Å²) in [5.41, 5.74) is 1.04. The summed E-state index contributed by atoms with van der Waals surface area (Å²) >= 11 is 1.63. The molecule has 0 aromatic carbocycles. The summed E-state index contributed by atoms with van der Waals surface area (Å²) < 4.78 is 0. The molecule has 5 nitrogen and oxygen atoms in total. The minimum atomic E-state index is -0.0931. The number of carbonyl (C=O) groups excluding carboxylic acids is 1. The van der Waals surface area contributed by atoms with E-state index in [0.717, 1.165) is 42.8 Å². The molecule has 3 N–H and O–H groups in total. The minimum absolute atomic E-state index is 0.0931. The zero-order chi connectivity index (χ0) is 14.4. The van der Waals surface area contributed by atoms with Crippen LogP contribution in [0, 0.1) is 12.8 Å². The van der Waals surface area contributed by atoms with Crippen molar-refractivity contribution in [2.45, 2.75) is 45.1 Å². The van der Waals surface area contributed by atoms with Crippen LogP contribution in [0.2, 0.25) is 0 Å². The number of hydrogen-bond donors (Lipinski definition) is 3. The van der Waals surface area contributed by atoms with Gasteiger partial charge < -0.3 is 15.7 Å². The molecule has 1 saturated carbocycles. The lowest BCUT2D eigenvalue weighted by atomic mass is 9.87. The van der Waals surface area contributed by atoms with Gasteiger partial charge in [0.15, 0.2) is 0 Å². The van der Waals surface area contributed by atoms with Gasteiger partial charge in [0, 0.05) is 31.0 Å². The lowest BCUT2D eigenvalue weighted by Gasteiger charge is -2.27. The van der Waals surface area contributed by atoms with Crippen molar-refractivity contribution in [2.75, 3.05) is 13.2 Å². The fourth-order valence-electron chi connectivity index (χ4n) is 2.55. The highest BCUT2D eigenvalue weighted by Gasteiger charge is 2.21. The van der Waals surface area contributed by atoms with Crippen LogP contribution in [0.3, 0.4) is 0 Å². The van der Waals surface area contributed by atoms with Crippen molar-refractivity contribution >= 4 is 17.4 Å². The van der Waals surface area contributed by atoms with E-state index in [-0.39, 0.29) is 18.7 Å². The van der Waals surface area contributed by atoms with Crippen LogP contribution in [-0.2, 0) is 6.42 Å². The van der Waals surface area contributed by atoms with Crippen molar-refractivity contribution in [3.63, 3.8) is 0 Å². The maximum Gasteiger partial charge on any atom is 0.315 e. The van der Waals surface area contributed by atoms with Gasteiger partial charge in [-0.15, -0.1) is 11.3 Å². The van der Waals surface area contributed by atoms with Gasteiger partial charge >= 0.3 is 6.03 Å². The van der Waals surface area contributed by atoms with Crippen LogP contribution < -0.4 is 10.6 Å². The van der Waals surface area contributed by atoms with E-state index in [4.69, 9.17) is 5.11 Å². The number of aliphatic hydroxyl groups is 1. The van der Waals surface area contributed by atoms with Gasteiger partial charge in [-0.3, -0.25) is 0 Å². The zero-order valence-corrected chi connectivity index (χ0v) is 12.7. The number of nitrogens with zero attached hydrogens (tertiary/aromatic N) is 1. The summed E-state index contributed by atoms with van der Waals surface area (Å²) in [5, 5.41) is 18.1. The molecule has 1 fully saturated rings. The molecule has 6 heteroatoms. The van der Waals surface area contributed by atoms with Crippen molar-refractivity contribution in [2.24, 2.45) is 5.92 Å². The normalized spacial score (nSPS) is 22.5.